The number of nitrogens with one attached hydrogen (secondary N) is 3. The molecule has 0 unspecified atom stereocenters. The SMILES string of the molecule is CCC(=O)CCCCCCCCCCC(=O)NCCOC(C)(C)OCCNC(=O)CCNC. The van der Waals surface area contributed by atoms with Crippen molar-refractivity contribution < 1.29 is 23.9 Å². The summed E-state index contributed by atoms with van der Waals surface area (Å²) in [5.74, 6) is -0.352. The maximum absolute atomic E-state index is 11.9. The lowest BCUT2D eigenvalue weighted by molar-refractivity contribution is -0.211. The van der Waals surface area contributed by atoms with E-state index in [1.807, 2.05) is 27.8 Å². The number of unbranched alkanes of at least 4 members (excludes halogenated alkanes) is 7. The van der Waals surface area contributed by atoms with Crippen LogP contribution in [0, 0.1) is 0 Å². The molecule has 8 nitrogen and oxygen atoms in total. The molecule has 0 saturated heterocycles. The van der Waals surface area contributed by atoms with Gasteiger partial charge < -0.3 is 25.4 Å². The molecule has 0 aromatic rings. The second-order valence-corrected chi connectivity index (χ2v) is 8.87. The lowest BCUT2D eigenvalue weighted by Crippen LogP contribution is -2.36. The van der Waals surface area contributed by atoms with Gasteiger partial charge in [0.1, 0.15) is 5.78 Å². The Morgan fingerprint density at radius 3 is 1.61 bits per heavy atom. The van der Waals surface area contributed by atoms with Crippen LogP contribution in [0.15, 0.2) is 0 Å². The lowest BCUT2D eigenvalue weighted by atomic mass is 10.0. The molecule has 0 heterocycles. The summed E-state index contributed by atoms with van der Waals surface area (Å²) in [5.41, 5.74) is 0. The van der Waals surface area contributed by atoms with Gasteiger partial charge in [-0.3, -0.25) is 14.4 Å². The number of Topliss-reactive ketones (excluding diaryl/α,β-unsaturated/α-hetero) is 1. The summed E-state index contributed by atoms with van der Waals surface area (Å²) in [6, 6.07) is 0. The molecule has 0 radical (unpaired) electrons. The fourth-order valence-corrected chi connectivity index (χ4v) is 3.28. The van der Waals surface area contributed by atoms with E-state index in [1.165, 1.54) is 19.3 Å². The molecule has 0 bridgehead atoms. The van der Waals surface area contributed by atoms with Crippen LogP contribution in [0.25, 0.3) is 0 Å². The second-order valence-electron chi connectivity index (χ2n) is 8.87. The first-order chi connectivity index (χ1) is 15.8. The van der Waals surface area contributed by atoms with E-state index in [-0.39, 0.29) is 11.8 Å². The standard InChI is InChI=1S/C25H49N3O5/c1-5-22(29)14-12-10-8-6-7-9-11-13-15-23(30)27-18-20-32-25(2,3)33-21-19-28-24(31)16-17-26-4/h26H,5-21H2,1-4H3,(H,27,30)(H,28,31). The summed E-state index contributed by atoms with van der Waals surface area (Å²) in [4.78, 5) is 34.7. The van der Waals surface area contributed by atoms with Gasteiger partial charge in [-0.1, -0.05) is 45.4 Å². The zero-order valence-electron chi connectivity index (χ0n) is 21.6. The number of carbonyl (C=O) groups excluding carboxylic acids is 3. The van der Waals surface area contributed by atoms with Crippen molar-refractivity contribution in [3.63, 3.8) is 0 Å². The Morgan fingerprint density at radius 2 is 1.12 bits per heavy atom. The highest BCUT2D eigenvalue weighted by Gasteiger charge is 2.18. The van der Waals surface area contributed by atoms with Crippen molar-refractivity contribution in [3.8, 4) is 0 Å². The van der Waals surface area contributed by atoms with Crippen LogP contribution in [-0.2, 0) is 23.9 Å². The molecule has 0 atom stereocenters. The van der Waals surface area contributed by atoms with Gasteiger partial charge in [0.25, 0.3) is 0 Å². The van der Waals surface area contributed by atoms with Gasteiger partial charge in [0.2, 0.25) is 11.8 Å². The summed E-state index contributed by atoms with van der Waals surface area (Å²) in [7, 11) is 1.81. The molecule has 8 heteroatoms. The summed E-state index contributed by atoms with van der Waals surface area (Å²) in [6.07, 6.45) is 11.3. The van der Waals surface area contributed by atoms with E-state index in [2.05, 4.69) is 16.0 Å². The Kier molecular flexibility index (Phi) is 20.1. The normalized spacial score (nSPS) is 11.4. The number of ether oxygens (including phenoxy) is 2. The van der Waals surface area contributed by atoms with Gasteiger partial charge >= 0.3 is 0 Å². The van der Waals surface area contributed by atoms with Crippen molar-refractivity contribution >= 4 is 17.6 Å². The molecule has 0 fully saturated rings. The van der Waals surface area contributed by atoms with Gasteiger partial charge in [-0.15, -0.1) is 0 Å². The molecule has 0 aliphatic carbocycles. The third kappa shape index (κ3) is 22.1. The van der Waals surface area contributed by atoms with Crippen molar-refractivity contribution in [2.24, 2.45) is 0 Å². The topological polar surface area (TPSA) is 106 Å². The number of rotatable bonds is 23. The molecule has 0 saturated carbocycles. The highest BCUT2D eigenvalue weighted by Crippen LogP contribution is 2.12. The molecule has 0 aromatic carbocycles. The maximum Gasteiger partial charge on any atom is 0.221 e. The number of carbonyl (C=O) groups is 3. The van der Waals surface area contributed by atoms with E-state index in [4.69, 9.17) is 9.47 Å². The zero-order chi connectivity index (χ0) is 24.8. The summed E-state index contributed by atoms with van der Waals surface area (Å²) >= 11 is 0. The van der Waals surface area contributed by atoms with Gasteiger partial charge in [0.05, 0.1) is 13.2 Å². The van der Waals surface area contributed by atoms with Crippen LogP contribution < -0.4 is 16.0 Å². The first-order valence-electron chi connectivity index (χ1n) is 12.8. The number of hydrogen-bond acceptors (Lipinski definition) is 6. The summed E-state index contributed by atoms with van der Waals surface area (Å²) < 4.78 is 11.4. The van der Waals surface area contributed by atoms with Gasteiger partial charge in [-0.2, -0.15) is 0 Å². The highest BCUT2D eigenvalue weighted by atomic mass is 16.7. The maximum atomic E-state index is 11.9. The van der Waals surface area contributed by atoms with Crippen LogP contribution in [0.1, 0.15) is 97.8 Å². The van der Waals surface area contributed by atoms with Crippen LogP contribution in [0.4, 0.5) is 0 Å². The molecule has 3 N–H and O–H groups in total. The Bertz CT molecular complexity index is 526. The van der Waals surface area contributed by atoms with Gasteiger partial charge in [0.15, 0.2) is 5.79 Å². The fourth-order valence-electron chi connectivity index (χ4n) is 3.28. The van der Waals surface area contributed by atoms with E-state index in [1.54, 1.807) is 0 Å². The van der Waals surface area contributed by atoms with Gasteiger partial charge in [-0.25, -0.2) is 0 Å². The smallest absolute Gasteiger partial charge is 0.221 e. The van der Waals surface area contributed by atoms with Crippen LogP contribution in [0.5, 0.6) is 0 Å². The van der Waals surface area contributed by atoms with Crippen molar-refractivity contribution in [2.75, 3.05) is 39.9 Å². The fraction of sp³-hybridized carbons (Fsp3) is 0.880. The molecule has 0 spiro atoms. The van der Waals surface area contributed by atoms with Crippen LogP contribution in [0.2, 0.25) is 0 Å². The van der Waals surface area contributed by atoms with E-state index < -0.39 is 5.79 Å². The Hall–Kier alpha value is -1.51. The summed E-state index contributed by atoms with van der Waals surface area (Å²) in [6.45, 7) is 7.84. The van der Waals surface area contributed by atoms with Crippen molar-refractivity contribution in [3.05, 3.63) is 0 Å². The Labute approximate surface area is 201 Å². The number of hydrogen-bond donors (Lipinski definition) is 3. The summed E-state index contributed by atoms with van der Waals surface area (Å²) in [5, 5.41) is 8.61. The van der Waals surface area contributed by atoms with E-state index >= 15 is 0 Å². The van der Waals surface area contributed by atoms with Crippen LogP contribution in [-0.4, -0.2) is 63.3 Å². The minimum absolute atomic E-state index is 0.00840. The third-order valence-electron chi connectivity index (χ3n) is 5.35. The quantitative estimate of drug-likeness (QED) is 0.156. The van der Waals surface area contributed by atoms with Crippen molar-refractivity contribution in [1.82, 2.24) is 16.0 Å². The molecule has 33 heavy (non-hydrogen) atoms. The predicted molar refractivity (Wildman–Crippen MR) is 132 cm³/mol. The molecule has 194 valence electrons. The number of amides is 2. The van der Waals surface area contributed by atoms with Gasteiger partial charge in [-0.05, 0) is 33.7 Å². The predicted octanol–water partition coefficient (Wildman–Crippen LogP) is 3.48. The molecule has 0 rings (SSSR count). The molecule has 2 amide bonds. The molecule has 0 aliphatic heterocycles. The average Bonchev–Trinajstić information content (AvgIpc) is 2.79. The average molecular weight is 472 g/mol. The third-order valence-corrected chi connectivity index (χ3v) is 5.35. The van der Waals surface area contributed by atoms with E-state index in [0.29, 0.717) is 57.9 Å². The Balaban J connectivity index is 3.53. The first kappa shape index (κ1) is 31.5. The number of ketones is 1. The largest absolute Gasteiger partial charge is 0.354 e. The van der Waals surface area contributed by atoms with Crippen LogP contribution >= 0.6 is 0 Å². The molecular weight excluding hydrogens is 422 g/mol. The van der Waals surface area contributed by atoms with E-state index in [0.717, 1.165) is 38.5 Å². The van der Waals surface area contributed by atoms with Gasteiger partial charge in [0, 0.05) is 45.3 Å². The Morgan fingerprint density at radius 1 is 0.667 bits per heavy atom. The molecule has 0 aromatic heterocycles. The first-order valence-corrected chi connectivity index (χ1v) is 12.8. The highest BCUT2D eigenvalue weighted by molar-refractivity contribution is 5.78. The monoisotopic (exact) mass is 471 g/mol. The second kappa shape index (κ2) is 21.1. The van der Waals surface area contributed by atoms with Crippen LogP contribution in [0.3, 0.4) is 0 Å². The minimum Gasteiger partial charge on any atom is -0.354 e. The van der Waals surface area contributed by atoms with Crippen molar-refractivity contribution in [1.29, 1.82) is 0 Å². The molecule has 0 aliphatic rings. The zero-order valence-corrected chi connectivity index (χ0v) is 21.6. The minimum atomic E-state index is -0.772. The van der Waals surface area contributed by atoms with Crippen molar-refractivity contribution in [2.45, 2.75) is 104 Å². The lowest BCUT2D eigenvalue weighted by Gasteiger charge is -2.26. The van der Waals surface area contributed by atoms with E-state index in [9.17, 15) is 14.4 Å². The molecular formula is C25H49N3O5.